The van der Waals surface area contributed by atoms with Gasteiger partial charge in [0, 0.05) is 11.1 Å². The fourth-order valence-electron chi connectivity index (χ4n) is 2.48. The van der Waals surface area contributed by atoms with Crippen LogP contribution in [-0.2, 0) is 6.42 Å². The SMILES string of the molecule is NC1CCCc2cc3c(F)cccc3n21. The summed E-state index contributed by atoms with van der Waals surface area (Å²) in [5.41, 5.74) is 8.14. The molecule has 1 atom stereocenters. The standard InChI is InChI=1S/C12H13FN2/c13-10-4-2-5-11-9(10)7-8-3-1-6-12(14)15(8)11/h2,4-5,7,12H,1,3,6,14H2. The van der Waals surface area contributed by atoms with Gasteiger partial charge in [-0.3, -0.25) is 0 Å². The minimum Gasteiger partial charge on any atom is -0.329 e. The Labute approximate surface area is 87.5 Å². The highest BCUT2D eigenvalue weighted by Crippen LogP contribution is 2.30. The molecule has 0 saturated carbocycles. The van der Waals surface area contributed by atoms with E-state index in [0.29, 0.717) is 5.39 Å². The van der Waals surface area contributed by atoms with Crippen molar-refractivity contribution >= 4 is 10.9 Å². The first-order valence-corrected chi connectivity index (χ1v) is 5.31. The largest absolute Gasteiger partial charge is 0.329 e. The van der Waals surface area contributed by atoms with Crippen LogP contribution in [0, 0.1) is 5.82 Å². The van der Waals surface area contributed by atoms with E-state index in [1.807, 2.05) is 12.1 Å². The van der Waals surface area contributed by atoms with Crippen molar-refractivity contribution < 1.29 is 4.39 Å². The molecule has 1 aliphatic heterocycles. The summed E-state index contributed by atoms with van der Waals surface area (Å²) in [6.07, 6.45) is 3.09. The summed E-state index contributed by atoms with van der Waals surface area (Å²) in [6.45, 7) is 0. The first-order valence-electron chi connectivity index (χ1n) is 5.31. The quantitative estimate of drug-likeness (QED) is 0.702. The Kier molecular flexibility index (Phi) is 1.83. The molecule has 78 valence electrons. The summed E-state index contributed by atoms with van der Waals surface area (Å²) in [6, 6.07) is 7.11. The molecule has 0 amide bonds. The summed E-state index contributed by atoms with van der Waals surface area (Å²) >= 11 is 0. The number of aromatic nitrogens is 1. The van der Waals surface area contributed by atoms with Crippen LogP contribution in [0.4, 0.5) is 4.39 Å². The molecule has 0 bridgehead atoms. The lowest BCUT2D eigenvalue weighted by atomic mass is 10.1. The predicted octanol–water partition coefficient (Wildman–Crippen LogP) is 2.57. The molecule has 2 N–H and O–H groups in total. The van der Waals surface area contributed by atoms with Crippen molar-refractivity contribution in [1.29, 1.82) is 0 Å². The summed E-state index contributed by atoms with van der Waals surface area (Å²) in [7, 11) is 0. The van der Waals surface area contributed by atoms with Crippen molar-refractivity contribution in [2.24, 2.45) is 5.73 Å². The highest BCUT2D eigenvalue weighted by atomic mass is 19.1. The van der Waals surface area contributed by atoms with Gasteiger partial charge in [0.25, 0.3) is 0 Å². The Balaban J connectivity index is 2.36. The number of benzene rings is 1. The molecule has 3 rings (SSSR count). The second kappa shape index (κ2) is 3.07. The van der Waals surface area contributed by atoms with E-state index in [-0.39, 0.29) is 12.0 Å². The molecule has 1 aliphatic rings. The molecule has 2 nitrogen and oxygen atoms in total. The molecule has 2 heterocycles. The van der Waals surface area contributed by atoms with Crippen LogP contribution >= 0.6 is 0 Å². The van der Waals surface area contributed by atoms with E-state index in [0.717, 1.165) is 30.5 Å². The van der Waals surface area contributed by atoms with E-state index in [1.54, 1.807) is 6.07 Å². The average molecular weight is 204 g/mol. The van der Waals surface area contributed by atoms with Gasteiger partial charge in [-0.1, -0.05) is 6.07 Å². The first kappa shape index (κ1) is 8.92. The lowest BCUT2D eigenvalue weighted by Crippen LogP contribution is -2.24. The lowest BCUT2D eigenvalue weighted by molar-refractivity contribution is 0.425. The lowest BCUT2D eigenvalue weighted by Gasteiger charge is -2.23. The van der Waals surface area contributed by atoms with Crippen LogP contribution in [0.5, 0.6) is 0 Å². The molecule has 3 heteroatoms. The number of aryl methyl sites for hydroxylation is 1. The number of hydrogen-bond donors (Lipinski definition) is 1. The van der Waals surface area contributed by atoms with Crippen molar-refractivity contribution in [2.75, 3.05) is 0 Å². The average Bonchev–Trinajstić information content (AvgIpc) is 2.59. The Bertz CT molecular complexity index is 516. The van der Waals surface area contributed by atoms with Crippen LogP contribution in [-0.4, -0.2) is 4.57 Å². The summed E-state index contributed by atoms with van der Waals surface area (Å²) in [5, 5.41) is 0.699. The van der Waals surface area contributed by atoms with Crippen LogP contribution in [0.25, 0.3) is 10.9 Å². The second-order valence-corrected chi connectivity index (χ2v) is 4.14. The van der Waals surface area contributed by atoms with E-state index in [2.05, 4.69) is 4.57 Å². The van der Waals surface area contributed by atoms with E-state index in [1.165, 1.54) is 6.07 Å². The van der Waals surface area contributed by atoms with Crippen LogP contribution in [0.15, 0.2) is 24.3 Å². The Morgan fingerprint density at radius 3 is 3.13 bits per heavy atom. The summed E-state index contributed by atoms with van der Waals surface area (Å²) in [5.74, 6) is -0.151. The highest BCUT2D eigenvalue weighted by Gasteiger charge is 2.19. The van der Waals surface area contributed by atoms with Gasteiger partial charge in [0.15, 0.2) is 0 Å². The monoisotopic (exact) mass is 204 g/mol. The van der Waals surface area contributed by atoms with Gasteiger partial charge in [-0.15, -0.1) is 0 Å². The van der Waals surface area contributed by atoms with Gasteiger partial charge in [-0.25, -0.2) is 4.39 Å². The maximum Gasteiger partial charge on any atom is 0.132 e. The minimum atomic E-state index is -0.151. The van der Waals surface area contributed by atoms with Crippen molar-refractivity contribution in [1.82, 2.24) is 4.57 Å². The zero-order valence-electron chi connectivity index (χ0n) is 8.41. The molecule has 1 unspecified atom stereocenters. The van der Waals surface area contributed by atoms with Crippen LogP contribution in [0.2, 0.25) is 0 Å². The normalized spacial score (nSPS) is 20.5. The van der Waals surface area contributed by atoms with Crippen molar-refractivity contribution in [3.8, 4) is 0 Å². The third-order valence-electron chi connectivity index (χ3n) is 3.17. The van der Waals surface area contributed by atoms with Crippen LogP contribution < -0.4 is 5.73 Å². The van der Waals surface area contributed by atoms with Gasteiger partial charge in [-0.05, 0) is 37.5 Å². The van der Waals surface area contributed by atoms with Gasteiger partial charge < -0.3 is 10.3 Å². The van der Waals surface area contributed by atoms with Gasteiger partial charge in [-0.2, -0.15) is 0 Å². The number of nitrogens with zero attached hydrogens (tertiary/aromatic N) is 1. The highest BCUT2D eigenvalue weighted by molar-refractivity contribution is 5.82. The van der Waals surface area contributed by atoms with Crippen LogP contribution in [0.1, 0.15) is 24.7 Å². The Hall–Kier alpha value is -1.35. The summed E-state index contributed by atoms with van der Waals surface area (Å²) < 4.78 is 15.6. The second-order valence-electron chi connectivity index (χ2n) is 4.14. The molecule has 0 spiro atoms. The molecular weight excluding hydrogens is 191 g/mol. The molecular formula is C12H13FN2. The molecule has 1 aromatic carbocycles. The molecule has 2 aromatic rings. The van der Waals surface area contributed by atoms with Crippen molar-refractivity contribution in [2.45, 2.75) is 25.4 Å². The van der Waals surface area contributed by atoms with Crippen molar-refractivity contribution in [3.63, 3.8) is 0 Å². The zero-order chi connectivity index (χ0) is 10.4. The maximum absolute atomic E-state index is 13.5. The number of hydrogen-bond acceptors (Lipinski definition) is 1. The minimum absolute atomic E-state index is 0.00745. The Morgan fingerprint density at radius 2 is 2.27 bits per heavy atom. The molecule has 1 aromatic heterocycles. The predicted molar refractivity (Wildman–Crippen MR) is 58.1 cm³/mol. The van der Waals surface area contributed by atoms with Gasteiger partial charge in [0.05, 0.1) is 11.7 Å². The smallest absolute Gasteiger partial charge is 0.132 e. The number of nitrogens with two attached hydrogens (primary N) is 1. The van der Waals surface area contributed by atoms with E-state index < -0.39 is 0 Å². The zero-order valence-corrected chi connectivity index (χ0v) is 8.41. The molecule has 0 saturated heterocycles. The van der Waals surface area contributed by atoms with Gasteiger partial charge >= 0.3 is 0 Å². The maximum atomic E-state index is 13.5. The molecule has 0 radical (unpaired) electrons. The fourth-order valence-corrected chi connectivity index (χ4v) is 2.48. The topological polar surface area (TPSA) is 30.9 Å². The van der Waals surface area contributed by atoms with E-state index in [4.69, 9.17) is 5.73 Å². The number of fused-ring (bicyclic) bond motifs is 3. The van der Waals surface area contributed by atoms with Crippen molar-refractivity contribution in [3.05, 3.63) is 35.8 Å². The molecule has 0 aliphatic carbocycles. The van der Waals surface area contributed by atoms with Gasteiger partial charge in [0.2, 0.25) is 0 Å². The van der Waals surface area contributed by atoms with Gasteiger partial charge in [0.1, 0.15) is 5.82 Å². The van der Waals surface area contributed by atoms with E-state index >= 15 is 0 Å². The first-order chi connectivity index (χ1) is 7.27. The fraction of sp³-hybridized carbons (Fsp3) is 0.333. The molecule has 0 fully saturated rings. The molecule has 15 heavy (non-hydrogen) atoms. The third-order valence-corrected chi connectivity index (χ3v) is 3.17. The van der Waals surface area contributed by atoms with E-state index in [9.17, 15) is 4.39 Å². The number of halogens is 1. The third kappa shape index (κ3) is 1.20. The Morgan fingerprint density at radius 1 is 1.40 bits per heavy atom. The van der Waals surface area contributed by atoms with Crippen LogP contribution in [0.3, 0.4) is 0 Å². The number of rotatable bonds is 0. The summed E-state index contributed by atoms with van der Waals surface area (Å²) in [4.78, 5) is 0.